The summed E-state index contributed by atoms with van der Waals surface area (Å²) in [5.41, 5.74) is 2.85. The average Bonchev–Trinajstić information content (AvgIpc) is 2.58. The monoisotopic (exact) mass is 210 g/mol. The summed E-state index contributed by atoms with van der Waals surface area (Å²) in [6, 6.07) is 10.1. The van der Waals surface area contributed by atoms with Crippen LogP contribution in [0, 0.1) is 17.8 Å². The molecule has 16 heavy (non-hydrogen) atoms. The van der Waals surface area contributed by atoms with E-state index in [0.717, 1.165) is 17.0 Å². The molecule has 0 saturated heterocycles. The normalized spacial score (nSPS) is 23.6. The molecule has 1 unspecified atom stereocenters. The van der Waals surface area contributed by atoms with Gasteiger partial charge in [0, 0.05) is 6.42 Å². The lowest BCUT2D eigenvalue weighted by Crippen LogP contribution is -2.32. The van der Waals surface area contributed by atoms with Gasteiger partial charge in [-0.05, 0) is 19.4 Å². The van der Waals surface area contributed by atoms with Crippen molar-refractivity contribution < 1.29 is 0 Å². The highest BCUT2D eigenvalue weighted by molar-refractivity contribution is 6.20. The third-order valence-electron chi connectivity index (χ3n) is 3.12. The first-order valence-corrected chi connectivity index (χ1v) is 5.30. The second-order valence-corrected chi connectivity index (χ2v) is 4.21. The predicted octanol–water partition coefficient (Wildman–Crippen LogP) is 2.89. The fraction of sp³-hybridized carbons (Fsp3) is 0.286. The van der Waals surface area contributed by atoms with Gasteiger partial charge in [0.1, 0.15) is 0 Å². The molecule has 1 aliphatic heterocycles. The molecule has 2 nitrogen and oxygen atoms in total. The number of terminal acetylenes is 1. The molecular weight excluding hydrogens is 196 g/mol. The minimum Gasteiger partial charge on any atom is -0.159 e. The highest BCUT2D eigenvalue weighted by Gasteiger charge is 2.37. The van der Waals surface area contributed by atoms with Crippen molar-refractivity contribution in [1.82, 2.24) is 0 Å². The van der Waals surface area contributed by atoms with Crippen molar-refractivity contribution in [2.45, 2.75) is 20.3 Å². The fourth-order valence-electron chi connectivity index (χ4n) is 1.91. The molecule has 0 N–H and O–H groups in total. The maximum Gasteiger partial charge on any atom is 0.0828 e. The summed E-state index contributed by atoms with van der Waals surface area (Å²) in [4.78, 5) is 0. The number of hydrogen-bond donors (Lipinski definition) is 0. The van der Waals surface area contributed by atoms with Crippen LogP contribution in [-0.2, 0) is 0 Å². The molecule has 0 bridgehead atoms. The summed E-state index contributed by atoms with van der Waals surface area (Å²) in [6.45, 7) is 4.08. The number of nitrogens with zero attached hydrogens (tertiary/aromatic N) is 2. The van der Waals surface area contributed by atoms with Crippen LogP contribution in [0.5, 0.6) is 0 Å². The van der Waals surface area contributed by atoms with E-state index in [1.54, 1.807) is 0 Å². The largest absolute Gasteiger partial charge is 0.159 e. The van der Waals surface area contributed by atoms with Crippen molar-refractivity contribution in [2.24, 2.45) is 15.6 Å². The van der Waals surface area contributed by atoms with Crippen molar-refractivity contribution in [3.63, 3.8) is 0 Å². The van der Waals surface area contributed by atoms with Gasteiger partial charge in [0.25, 0.3) is 0 Å². The van der Waals surface area contributed by atoms with E-state index in [-0.39, 0.29) is 5.41 Å². The second kappa shape index (κ2) is 3.94. The van der Waals surface area contributed by atoms with Gasteiger partial charge < -0.3 is 0 Å². The van der Waals surface area contributed by atoms with Gasteiger partial charge in [0.15, 0.2) is 0 Å². The van der Waals surface area contributed by atoms with Gasteiger partial charge in [0.05, 0.1) is 16.8 Å². The van der Waals surface area contributed by atoms with Gasteiger partial charge in [-0.3, -0.25) is 0 Å². The fourth-order valence-corrected chi connectivity index (χ4v) is 1.91. The molecule has 0 fully saturated rings. The Morgan fingerprint density at radius 3 is 2.56 bits per heavy atom. The standard InChI is InChI=1S/C14H14N2/c1-4-10-14(3)11(2)15-16-13(14)12-8-6-5-7-9-12/h1,5-9H,10H2,2-3H3. The highest BCUT2D eigenvalue weighted by Crippen LogP contribution is 2.33. The van der Waals surface area contributed by atoms with Crippen LogP contribution < -0.4 is 0 Å². The van der Waals surface area contributed by atoms with E-state index in [1.807, 2.05) is 37.3 Å². The molecule has 1 aliphatic rings. The molecule has 2 heteroatoms. The molecule has 0 amide bonds. The molecule has 0 aromatic heterocycles. The minimum absolute atomic E-state index is 0.212. The van der Waals surface area contributed by atoms with Crippen molar-refractivity contribution in [1.29, 1.82) is 0 Å². The van der Waals surface area contributed by atoms with Gasteiger partial charge in [0.2, 0.25) is 0 Å². The first kappa shape index (κ1) is 10.6. The average molecular weight is 210 g/mol. The van der Waals surface area contributed by atoms with Crippen LogP contribution in [0.2, 0.25) is 0 Å². The molecule has 0 radical (unpaired) electrons. The zero-order valence-corrected chi connectivity index (χ0v) is 9.57. The lowest BCUT2D eigenvalue weighted by Gasteiger charge is -2.24. The Kier molecular flexibility index (Phi) is 2.62. The maximum absolute atomic E-state index is 5.44. The zero-order chi connectivity index (χ0) is 11.6. The Morgan fingerprint density at radius 1 is 1.25 bits per heavy atom. The lowest BCUT2D eigenvalue weighted by atomic mass is 9.76. The predicted molar refractivity (Wildman–Crippen MR) is 67.6 cm³/mol. The number of benzene rings is 1. The highest BCUT2D eigenvalue weighted by atomic mass is 15.2. The molecule has 1 aromatic rings. The minimum atomic E-state index is -0.212. The van der Waals surface area contributed by atoms with Crippen LogP contribution >= 0.6 is 0 Å². The Labute approximate surface area is 96.1 Å². The summed E-state index contributed by atoms with van der Waals surface area (Å²) < 4.78 is 0. The molecule has 0 spiro atoms. The van der Waals surface area contributed by atoms with Gasteiger partial charge in [-0.15, -0.1) is 12.3 Å². The van der Waals surface area contributed by atoms with E-state index >= 15 is 0 Å². The lowest BCUT2D eigenvalue weighted by molar-refractivity contribution is 0.676. The quantitative estimate of drug-likeness (QED) is 0.670. The zero-order valence-electron chi connectivity index (χ0n) is 9.57. The van der Waals surface area contributed by atoms with Gasteiger partial charge >= 0.3 is 0 Å². The van der Waals surface area contributed by atoms with Crippen LogP contribution in [0.4, 0.5) is 0 Å². The molecule has 0 aliphatic carbocycles. The Hall–Kier alpha value is -1.88. The summed E-state index contributed by atoms with van der Waals surface area (Å²) in [5.74, 6) is 2.72. The number of hydrogen-bond acceptors (Lipinski definition) is 2. The van der Waals surface area contributed by atoms with Crippen LogP contribution in [0.1, 0.15) is 25.8 Å². The summed E-state index contributed by atoms with van der Waals surface area (Å²) in [5, 5.41) is 8.44. The van der Waals surface area contributed by atoms with Crippen LogP contribution in [0.25, 0.3) is 0 Å². The van der Waals surface area contributed by atoms with Gasteiger partial charge in [-0.2, -0.15) is 10.2 Å². The van der Waals surface area contributed by atoms with E-state index in [4.69, 9.17) is 6.42 Å². The molecule has 1 atom stereocenters. The Balaban J connectivity index is 2.42. The van der Waals surface area contributed by atoms with E-state index in [0.29, 0.717) is 6.42 Å². The topological polar surface area (TPSA) is 24.7 Å². The van der Waals surface area contributed by atoms with E-state index < -0.39 is 0 Å². The third kappa shape index (κ3) is 1.55. The molecule has 0 saturated carbocycles. The third-order valence-corrected chi connectivity index (χ3v) is 3.12. The van der Waals surface area contributed by atoms with Gasteiger partial charge in [-0.1, -0.05) is 30.3 Å². The second-order valence-electron chi connectivity index (χ2n) is 4.21. The maximum atomic E-state index is 5.44. The molecule has 80 valence electrons. The smallest absolute Gasteiger partial charge is 0.0828 e. The summed E-state index contributed by atoms with van der Waals surface area (Å²) in [7, 11) is 0. The summed E-state index contributed by atoms with van der Waals surface area (Å²) >= 11 is 0. The van der Waals surface area contributed by atoms with Crippen LogP contribution in [0.15, 0.2) is 40.5 Å². The van der Waals surface area contributed by atoms with Crippen molar-refractivity contribution in [3.8, 4) is 12.3 Å². The van der Waals surface area contributed by atoms with Crippen LogP contribution in [0.3, 0.4) is 0 Å². The first-order chi connectivity index (χ1) is 7.68. The van der Waals surface area contributed by atoms with E-state index in [1.165, 1.54) is 0 Å². The molecular formula is C14H14N2. The van der Waals surface area contributed by atoms with Gasteiger partial charge in [-0.25, -0.2) is 0 Å². The van der Waals surface area contributed by atoms with Crippen molar-refractivity contribution in [3.05, 3.63) is 35.9 Å². The first-order valence-electron chi connectivity index (χ1n) is 5.30. The summed E-state index contributed by atoms with van der Waals surface area (Å²) in [6.07, 6.45) is 6.07. The van der Waals surface area contributed by atoms with Crippen molar-refractivity contribution >= 4 is 11.4 Å². The SMILES string of the molecule is C#CCC1(C)C(C)=NN=C1c1ccccc1. The Bertz CT molecular complexity index is 491. The van der Waals surface area contributed by atoms with Crippen molar-refractivity contribution in [2.75, 3.05) is 0 Å². The molecule has 1 heterocycles. The Morgan fingerprint density at radius 2 is 1.94 bits per heavy atom. The van der Waals surface area contributed by atoms with E-state index in [9.17, 15) is 0 Å². The molecule has 1 aromatic carbocycles. The van der Waals surface area contributed by atoms with Crippen LogP contribution in [-0.4, -0.2) is 11.4 Å². The molecule has 2 rings (SSSR count). The number of rotatable bonds is 2. The van der Waals surface area contributed by atoms with E-state index in [2.05, 4.69) is 23.0 Å².